The quantitative estimate of drug-likeness (QED) is 0.786. The normalized spacial score (nSPS) is 10.3. The minimum absolute atomic E-state index is 0.0738. The fourth-order valence-corrected chi connectivity index (χ4v) is 1.38. The summed E-state index contributed by atoms with van der Waals surface area (Å²) in [6.45, 7) is 0. The Balaban J connectivity index is 2.31. The highest BCUT2D eigenvalue weighted by Gasteiger charge is 2.06. The van der Waals surface area contributed by atoms with Gasteiger partial charge in [-0.15, -0.1) is 0 Å². The van der Waals surface area contributed by atoms with Crippen LogP contribution in [0, 0.1) is 17.5 Å². The molecule has 0 saturated heterocycles. The van der Waals surface area contributed by atoms with Crippen molar-refractivity contribution in [3.63, 3.8) is 0 Å². The number of benzene rings is 2. The van der Waals surface area contributed by atoms with Crippen molar-refractivity contribution in [3.05, 3.63) is 53.8 Å². The van der Waals surface area contributed by atoms with E-state index in [0.29, 0.717) is 5.69 Å². The van der Waals surface area contributed by atoms with E-state index in [4.69, 9.17) is 5.73 Å². The summed E-state index contributed by atoms with van der Waals surface area (Å²) in [5.41, 5.74) is 6.13. The molecule has 2 aromatic rings. The molecule has 0 saturated carbocycles. The Bertz CT molecular complexity index is 506. The zero-order chi connectivity index (χ0) is 12.4. The van der Waals surface area contributed by atoms with Crippen LogP contribution in [0.15, 0.2) is 36.4 Å². The van der Waals surface area contributed by atoms with Crippen LogP contribution in [0.4, 0.5) is 30.2 Å². The summed E-state index contributed by atoms with van der Waals surface area (Å²) in [6.07, 6.45) is 0. The van der Waals surface area contributed by atoms with Crippen molar-refractivity contribution in [2.45, 2.75) is 0 Å². The zero-order valence-electron chi connectivity index (χ0n) is 8.68. The second-order valence-corrected chi connectivity index (χ2v) is 3.48. The zero-order valence-corrected chi connectivity index (χ0v) is 8.68. The monoisotopic (exact) mass is 238 g/mol. The van der Waals surface area contributed by atoms with Crippen LogP contribution in [0.3, 0.4) is 0 Å². The molecule has 0 fully saturated rings. The number of nitrogens with two attached hydrogens (primary N) is 1. The molecule has 88 valence electrons. The van der Waals surface area contributed by atoms with E-state index in [9.17, 15) is 13.2 Å². The number of rotatable bonds is 2. The standard InChI is InChI=1S/C12H9F3N2/c13-7-1-3-11(9(15)5-7)17-12-4-2-8(14)6-10(12)16/h1-6,17H,16H2. The summed E-state index contributed by atoms with van der Waals surface area (Å²) < 4.78 is 38.8. The summed E-state index contributed by atoms with van der Waals surface area (Å²) in [7, 11) is 0. The van der Waals surface area contributed by atoms with Crippen molar-refractivity contribution < 1.29 is 13.2 Å². The third kappa shape index (κ3) is 2.50. The fraction of sp³-hybridized carbons (Fsp3) is 0. The van der Waals surface area contributed by atoms with Crippen molar-refractivity contribution in [3.8, 4) is 0 Å². The molecule has 0 unspecified atom stereocenters. The Kier molecular flexibility index (Phi) is 2.91. The van der Waals surface area contributed by atoms with Crippen molar-refractivity contribution in [2.75, 3.05) is 11.1 Å². The van der Waals surface area contributed by atoms with Gasteiger partial charge in [0.1, 0.15) is 17.5 Å². The highest BCUT2D eigenvalue weighted by molar-refractivity contribution is 5.72. The third-order valence-electron chi connectivity index (χ3n) is 2.21. The molecule has 0 aliphatic carbocycles. The highest BCUT2D eigenvalue weighted by atomic mass is 19.1. The van der Waals surface area contributed by atoms with Gasteiger partial charge in [-0.05, 0) is 30.3 Å². The summed E-state index contributed by atoms with van der Waals surface area (Å²) in [5, 5.41) is 2.66. The van der Waals surface area contributed by atoms with Gasteiger partial charge < -0.3 is 11.1 Å². The lowest BCUT2D eigenvalue weighted by molar-refractivity contribution is 0.586. The van der Waals surface area contributed by atoms with Crippen LogP contribution in [0.25, 0.3) is 0 Å². The van der Waals surface area contributed by atoms with Crippen LogP contribution < -0.4 is 11.1 Å². The van der Waals surface area contributed by atoms with E-state index in [0.717, 1.165) is 18.2 Å². The molecule has 0 bridgehead atoms. The van der Waals surface area contributed by atoms with Gasteiger partial charge in [0.05, 0.1) is 17.1 Å². The van der Waals surface area contributed by atoms with Crippen LogP contribution in [0.5, 0.6) is 0 Å². The van der Waals surface area contributed by atoms with E-state index in [1.807, 2.05) is 0 Å². The third-order valence-corrected chi connectivity index (χ3v) is 2.21. The number of nitrogens with one attached hydrogen (secondary N) is 1. The van der Waals surface area contributed by atoms with Gasteiger partial charge in [-0.3, -0.25) is 0 Å². The smallest absolute Gasteiger partial charge is 0.149 e. The Hall–Kier alpha value is -2.17. The van der Waals surface area contributed by atoms with Crippen molar-refractivity contribution in [1.29, 1.82) is 0 Å². The Morgan fingerprint density at radius 3 is 2.00 bits per heavy atom. The number of anilines is 3. The maximum atomic E-state index is 13.3. The first kappa shape index (κ1) is 11.3. The van der Waals surface area contributed by atoms with E-state index in [1.165, 1.54) is 18.2 Å². The summed E-state index contributed by atoms with van der Waals surface area (Å²) in [6, 6.07) is 6.80. The van der Waals surface area contributed by atoms with Gasteiger partial charge >= 0.3 is 0 Å². The second kappa shape index (κ2) is 4.37. The Labute approximate surface area is 95.9 Å². The predicted octanol–water partition coefficient (Wildman–Crippen LogP) is 3.43. The largest absolute Gasteiger partial charge is 0.397 e. The minimum Gasteiger partial charge on any atom is -0.397 e. The van der Waals surface area contributed by atoms with E-state index in [1.54, 1.807) is 0 Å². The minimum atomic E-state index is -0.742. The molecular formula is C12H9F3N2. The average Bonchev–Trinajstić information content (AvgIpc) is 2.25. The van der Waals surface area contributed by atoms with Crippen molar-refractivity contribution >= 4 is 17.1 Å². The van der Waals surface area contributed by atoms with Gasteiger partial charge in [0.25, 0.3) is 0 Å². The van der Waals surface area contributed by atoms with Gasteiger partial charge in [-0.2, -0.15) is 0 Å². The van der Waals surface area contributed by atoms with Crippen LogP contribution in [-0.2, 0) is 0 Å². The van der Waals surface area contributed by atoms with Gasteiger partial charge in [0.2, 0.25) is 0 Å². The molecule has 0 aliphatic rings. The summed E-state index contributed by atoms with van der Waals surface area (Å²) >= 11 is 0. The number of hydrogen-bond acceptors (Lipinski definition) is 2. The molecule has 2 rings (SSSR count). The van der Waals surface area contributed by atoms with Crippen LogP contribution in [-0.4, -0.2) is 0 Å². The van der Waals surface area contributed by atoms with Crippen molar-refractivity contribution in [2.24, 2.45) is 0 Å². The van der Waals surface area contributed by atoms with Gasteiger partial charge in [-0.25, -0.2) is 13.2 Å². The summed E-state index contributed by atoms with van der Waals surface area (Å²) in [5.74, 6) is -1.89. The molecule has 0 aliphatic heterocycles. The SMILES string of the molecule is Nc1cc(F)ccc1Nc1ccc(F)cc1F. The first-order chi connectivity index (χ1) is 8.06. The molecule has 0 heterocycles. The van der Waals surface area contributed by atoms with E-state index in [2.05, 4.69) is 5.32 Å². The molecule has 0 spiro atoms. The fourth-order valence-electron chi connectivity index (χ4n) is 1.38. The van der Waals surface area contributed by atoms with Crippen LogP contribution in [0.2, 0.25) is 0 Å². The first-order valence-electron chi connectivity index (χ1n) is 4.83. The molecule has 2 aromatic carbocycles. The van der Waals surface area contributed by atoms with Crippen LogP contribution in [0.1, 0.15) is 0 Å². The molecule has 17 heavy (non-hydrogen) atoms. The topological polar surface area (TPSA) is 38.0 Å². The lowest BCUT2D eigenvalue weighted by Crippen LogP contribution is -1.99. The molecule has 0 radical (unpaired) electrons. The Morgan fingerprint density at radius 1 is 0.824 bits per heavy atom. The lowest BCUT2D eigenvalue weighted by atomic mass is 10.2. The van der Waals surface area contributed by atoms with Crippen molar-refractivity contribution in [1.82, 2.24) is 0 Å². The Morgan fingerprint density at radius 2 is 1.41 bits per heavy atom. The molecule has 2 nitrogen and oxygen atoms in total. The van der Waals surface area contributed by atoms with E-state index >= 15 is 0 Å². The predicted molar refractivity (Wildman–Crippen MR) is 60.5 cm³/mol. The highest BCUT2D eigenvalue weighted by Crippen LogP contribution is 2.25. The maximum Gasteiger partial charge on any atom is 0.149 e. The van der Waals surface area contributed by atoms with Gasteiger partial charge in [0, 0.05) is 6.07 Å². The molecule has 5 heteroatoms. The van der Waals surface area contributed by atoms with Gasteiger partial charge in [0.15, 0.2) is 0 Å². The average molecular weight is 238 g/mol. The molecule has 0 atom stereocenters. The number of halogens is 3. The van der Waals surface area contributed by atoms with Gasteiger partial charge in [-0.1, -0.05) is 0 Å². The molecule has 0 aromatic heterocycles. The number of hydrogen-bond donors (Lipinski definition) is 2. The molecular weight excluding hydrogens is 229 g/mol. The first-order valence-corrected chi connectivity index (χ1v) is 4.83. The molecule has 0 amide bonds. The maximum absolute atomic E-state index is 13.3. The van der Waals surface area contributed by atoms with E-state index in [-0.39, 0.29) is 11.4 Å². The number of nitrogen functional groups attached to an aromatic ring is 1. The lowest BCUT2D eigenvalue weighted by Gasteiger charge is -2.10. The summed E-state index contributed by atoms with van der Waals surface area (Å²) in [4.78, 5) is 0. The van der Waals surface area contributed by atoms with E-state index < -0.39 is 17.5 Å². The molecule has 3 N–H and O–H groups in total. The van der Waals surface area contributed by atoms with Crippen LogP contribution >= 0.6 is 0 Å². The second-order valence-electron chi connectivity index (χ2n) is 3.48.